The molecule has 2 rings (SSSR count). The third-order valence-electron chi connectivity index (χ3n) is 3.79. The number of likely N-dealkylation sites (N-methyl/N-ethyl adjacent to an activating group) is 1. The Morgan fingerprint density at radius 2 is 1.95 bits per heavy atom. The predicted molar refractivity (Wildman–Crippen MR) is 80.4 cm³/mol. The van der Waals surface area contributed by atoms with Gasteiger partial charge in [-0.15, -0.1) is 0 Å². The van der Waals surface area contributed by atoms with Crippen LogP contribution in [0.2, 0.25) is 0 Å². The summed E-state index contributed by atoms with van der Waals surface area (Å²) in [6, 6.07) is 4.89. The molecule has 7 heteroatoms. The third-order valence-corrected chi connectivity index (χ3v) is 5.65. The van der Waals surface area contributed by atoms with Gasteiger partial charge in [0, 0.05) is 25.2 Å². The first-order chi connectivity index (χ1) is 10.0. The van der Waals surface area contributed by atoms with Crippen LogP contribution < -0.4 is 14.8 Å². The van der Waals surface area contributed by atoms with E-state index in [4.69, 9.17) is 9.47 Å². The molecule has 0 saturated carbocycles. The predicted octanol–water partition coefficient (Wildman–Crippen LogP) is 1.08. The Bertz CT molecular complexity index is 589. The van der Waals surface area contributed by atoms with Crippen molar-refractivity contribution in [3.63, 3.8) is 0 Å². The van der Waals surface area contributed by atoms with Gasteiger partial charge in [-0.1, -0.05) is 0 Å². The van der Waals surface area contributed by atoms with E-state index in [0.717, 1.165) is 12.8 Å². The van der Waals surface area contributed by atoms with Gasteiger partial charge < -0.3 is 14.8 Å². The van der Waals surface area contributed by atoms with E-state index in [2.05, 4.69) is 5.32 Å². The molecular weight excluding hydrogens is 292 g/mol. The third kappa shape index (κ3) is 3.30. The van der Waals surface area contributed by atoms with Gasteiger partial charge >= 0.3 is 0 Å². The van der Waals surface area contributed by atoms with Crippen LogP contribution in [0.5, 0.6) is 11.5 Å². The quantitative estimate of drug-likeness (QED) is 0.881. The number of sulfonamides is 1. The molecule has 1 atom stereocenters. The monoisotopic (exact) mass is 314 g/mol. The second-order valence-electron chi connectivity index (χ2n) is 5.01. The second-order valence-corrected chi connectivity index (χ2v) is 6.95. The van der Waals surface area contributed by atoms with Gasteiger partial charge in [-0.2, -0.15) is 4.31 Å². The van der Waals surface area contributed by atoms with Crippen molar-refractivity contribution >= 4 is 10.0 Å². The van der Waals surface area contributed by atoms with Gasteiger partial charge in [0.1, 0.15) is 0 Å². The maximum Gasteiger partial charge on any atom is 0.243 e. The molecule has 1 aliphatic rings. The lowest BCUT2D eigenvalue weighted by Gasteiger charge is -2.31. The fourth-order valence-electron chi connectivity index (χ4n) is 2.52. The van der Waals surface area contributed by atoms with Crippen LogP contribution in [0, 0.1) is 0 Å². The first-order valence-corrected chi connectivity index (χ1v) is 8.36. The minimum absolute atomic E-state index is 0.202. The van der Waals surface area contributed by atoms with Crippen molar-refractivity contribution in [3.8, 4) is 11.5 Å². The van der Waals surface area contributed by atoms with E-state index in [9.17, 15) is 8.42 Å². The molecular formula is C14H22N2O4S. The molecule has 6 nitrogen and oxygen atoms in total. The van der Waals surface area contributed by atoms with E-state index < -0.39 is 10.0 Å². The molecule has 0 aliphatic carbocycles. The van der Waals surface area contributed by atoms with Gasteiger partial charge in [0.2, 0.25) is 10.0 Å². The fraction of sp³-hybridized carbons (Fsp3) is 0.571. The van der Waals surface area contributed by atoms with Crippen molar-refractivity contribution in [3.05, 3.63) is 18.2 Å². The summed E-state index contributed by atoms with van der Waals surface area (Å²) in [6.07, 6.45) is 1.85. The minimum atomic E-state index is -3.50. The van der Waals surface area contributed by atoms with Crippen LogP contribution in [-0.2, 0) is 10.0 Å². The van der Waals surface area contributed by atoms with Gasteiger partial charge in [-0.05, 0) is 32.0 Å². The number of ether oxygens (including phenoxy) is 2. The number of hydrogen-bond acceptors (Lipinski definition) is 5. The Morgan fingerprint density at radius 3 is 2.57 bits per heavy atom. The topological polar surface area (TPSA) is 67.9 Å². The molecule has 1 fully saturated rings. The molecule has 1 N–H and O–H groups in total. The lowest BCUT2D eigenvalue weighted by atomic mass is 10.1. The van der Waals surface area contributed by atoms with E-state index >= 15 is 0 Å². The van der Waals surface area contributed by atoms with Gasteiger partial charge in [-0.3, -0.25) is 0 Å². The zero-order valence-electron chi connectivity index (χ0n) is 12.6. The number of nitrogens with one attached hydrogen (secondary N) is 1. The van der Waals surface area contributed by atoms with Gasteiger partial charge in [0.25, 0.3) is 0 Å². The molecule has 21 heavy (non-hydrogen) atoms. The average Bonchev–Trinajstić information content (AvgIpc) is 2.54. The number of rotatable bonds is 5. The van der Waals surface area contributed by atoms with Crippen molar-refractivity contribution in [2.45, 2.75) is 23.8 Å². The van der Waals surface area contributed by atoms with Crippen molar-refractivity contribution in [1.29, 1.82) is 0 Å². The number of piperidine rings is 1. The highest BCUT2D eigenvalue weighted by Crippen LogP contribution is 2.31. The second kappa shape index (κ2) is 6.64. The summed E-state index contributed by atoms with van der Waals surface area (Å²) in [6.45, 7) is 1.04. The van der Waals surface area contributed by atoms with Crippen molar-refractivity contribution in [1.82, 2.24) is 9.62 Å². The summed E-state index contributed by atoms with van der Waals surface area (Å²) in [5.74, 6) is 0.934. The highest BCUT2D eigenvalue weighted by Gasteiger charge is 2.30. The van der Waals surface area contributed by atoms with E-state index in [1.807, 2.05) is 7.05 Å². The molecule has 1 aromatic carbocycles. The number of nitrogens with zero attached hydrogens (tertiary/aromatic N) is 1. The minimum Gasteiger partial charge on any atom is -0.493 e. The fourth-order valence-corrected chi connectivity index (χ4v) is 4.06. The van der Waals surface area contributed by atoms with Gasteiger partial charge in [-0.25, -0.2) is 8.42 Å². The lowest BCUT2D eigenvalue weighted by molar-refractivity contribution is 0.292. The zero-order valence-corrected chi connectivity index (χ0v) is 13.4. The molecule has 1 unspecified atom stereocenters. The van der Waals surface area contributed by atoms with Crippen LogP contribution in [0.1, 0.15) is 12.8 Å². The maximum atomic E-state index is 12.7. The first kappa shape index (κ1) is 16.1. The van der Waals surface area contributed by atoms with Gasteiger partial charge in [0.15, 0.2) is 11.5 Å². The van der Waals surface area contributed by atoms with Crippen LogP contribution in [0.4, 0.5) is 0 Å². The lowest BCUT2D eigenvalue weighted by Crippen LogP contribution is -2.46. The molecule has 1 aliphatic heterocycles. The van der Waals surface area contributed by atoms with Crippen molar-refractivity contribution in [2.75, 3.05) is 34.4 Å². The summed E-state index contributed by atoms with van der Waals surface area (Å²) >= 11 is 0. The van der Waals surface area contributed by atoms with Crippen LogP contribution in [0.3, 0.4) is 0 Å². The summed E-state index contributed by atoms with van der Waals surface area (Å²) in [7, 11) is 1.37. The standard InChI is InChI=1S/C14H22N2O4S/c1-15-11-5-4-8-16(10-11)21(17,18)12-6-7-13(19-2)14(9-12)20-3/h6-7,9,11,15H,4-5,8,10H2,1-3H3. The number of benzene rings is 1. The Kier molecular flexibility index (Phi) is 5.08. The van der Waals surface area contributed by atoms with E-state index in [0.29, 0.717) is 24.6 Å². The number of methoxy groups -OCH3 is 2. The molecule has 1 aromatic rings. The molecule has 1 heterocycles. The summed E-state index contributed by atoms with van der Waals surface area (Å²) in [4.78, 5) is 0.233. The van der Waals surface area contributed by atoms with Gasteiger partial charge in [0.05, 0.1) is 19.1 Å². The van der Waals surface area contributed by atoms with Crippen LogP contribution in [0.15, 0.2) is 23.1 Å². The smallest absolute Gasteiger partial charge is 0.243 e. The SMILES string of the molecule is CNC1CCCN(S(=O)(=O)c2ccc(OC)c(OC)c2)C1. The largest absolute Gasteiger partial charge is 0.493 e. The normalized spacial score (nSPS) is 20.2. The summed E-state index contributed by atoms with van der Waals surface area (Å²) < 4.78 is 37.3. The zero-order chi connectivity index (χ0) is 15.5. The van der Waals surface area contributed by atoms with Crippen LogP contribution in [0.25, 0.3) is 0 Å². The molecule has 0 spiro atoms. The Balaban J connectivity index is 2.30. The summed E-state index contributed by atoms with van der Waals surface area (Å²) in [5.41, 5.74) is 0. The Hall–Kier alpha value is -1.31. The molecule has 0 bridgehead atoms. The van der Waals surface area contributed by atoms with Crippen LogP contribution in [-0.4, -0.2) is 53.1 Å². The van der Waals surface area contributed by atoms with E-state index in [1.165, 1.54) is 24.6 Å². The Morgan fingerprint density at radius 1 is 1.24 bits per heavy atom. The molecule has 0 radical (unpaired) electrons. The Labute approximate surface area is 126 Å². The maximum absolute atomic E-state index is 12.7. The average molecular weight is 314 g/mol. The summed E-state index contributed by atoms with van der Waals surface area (Å²) in [5, 5.41) is 3.15. The van der Waals surface area contributed by atoms with Crippen molar-refractivity contribution in [2.24, 2.45) is 0 Å². The molecule has 0 aromatic heterocycles. The van der Waals surface area contributed by atoms with E-state index in [1.54, 1.807) is 12.1 Å². The highest BCUT2D eigenvalue weighted by atomic mass is 32.2. The van der Waals surface area contributed by atoms with Crippen molar-refractivity contribution < 1.29 is 17.9 Å². The molecule has 0 amide bonds. The van der Waals surface area contributed by atoms with Crippen LogP contribution >= 0.6 is 0 Å². The highest BCUT2D eigenvalue weighted by molar-refractivity contribution is 7.89. The van der Waals surface area contributed by atoms with E-state index in [-0.39, 0.29) is 10.9 Å². The molecule has 118 valence electrons. The molecule has 1 saturated heterocycles. The number of hydrogen-bond donors (Lipinski definition) is 1. The first-order valence-electron chi connectivity index (χ1n) is 6.92.